The van der Waals surface area contributed by atoms with E-state index < -0.39 is 10.0 Å². The van der Waals surface area contributed by atoms with E-state index in [4.69, 9.17) is 4.98 Å². The maximum Gasteiger partial charge on any atom is 0.254 e. The highest BCUT2D eigenvalue weighted by Crippen LogP contribution is 2.30. The van der Waals surface area contributed by atoms with Gasteiger partial charge in [-0.25, -0.2) is 13.4 Å². The van der Waals surface area contributed by atoms with Crippen LogP contribution < -0.4 is 0 Å². The minimum atomic E-state index is -3.64. The second-order valence-corrected chi connectivity index (χ2v) is 11.6. The standard InChI is InChI=1S/C26H32N4O3S/c1-18-12-13-21(34(32,33)30-15-6-5-8-19(30)2)16-22(18)26(31)29-14-7-9-20(17-29)25-27-23-10-3-4-11-24(23)28-25/h3-4,10-13,16,19-20H,5-9,14-15,17H2,1-2H3,(H,27,28). The summed E-state index contributed by atoms with van der Waals surface area (Å²) < 4.78 is 28.3. The number of aryl methyl sites for hydroxylation is 1. The normalized spacial score (nSPS) is 22.2. The zero-order chi connectivity index (χ0) is 23.9. The van der Waals surface area contributed by atoms with E-state index in [-0.39, 0.29) is 22.8 Å². The van der Waals surface area contributed by atoms with E-state index in [9.17, 15) is 13.2 Å². The summed E-state index contributed by atoms with van der Waals surface area (Å²) in [4.78, 5) is 23.8. The molecule has 0 radical (unpaired) electrons. The molecule has 0 bridgehead atoms. The average molecular weight is 481 g/mol. The molecule has 1 N–H and O–H groups in total. The molecule has 2 fully saturated rings. The number of likely N-dealkylation sites (tertiary alicyclic amines) is 1. The van der Waals surface area contributed by atoms with Gasteiger partial charge < -0.3 is 9.88 Å². The molecule has 5 rings (SSSR count). The highest BCUT2D eigenvalue weighted by molar-refractivity contribution is 7.89. The molecule has 2 saturated heterocycles. The van der Waals surface area contributed by atoms with Crippen LogP contribution >= 0.6 is 0 Å². The number of H-pyrrole nitrogens is 1. The van der Waals surface area contributed by atoms with E-state index in [1.54, 1.807) is 22.5 Å². The number of para-hydroxylation sites is 2. The van der Waals surface area contributed by atoms with Gasteiger partial charge in [-0.15, -0.1) is 0 Å². The van der Waals surface area contributed by atoms with Crippen molar-refractivity contribution in [3.05, 3.63) is 59.4 Å². The molecule has 2 aromatic carbocycles. The lowest BCUT2D eigenvalue weighted by molar-refractivity contribution is 0.0704. The van der Waals surface area contributed by atoms with Gasteiger partial charge in [-0.05, 0) is 69.4 Å². The monoisotopic (exact) mass is 480 g/mol. The number of benzene rings is 2. The fourth-order valence-electron chi connectivity index (χ4n) is 5.28. The Bertz CT molecular complexity index is 1280. The van der Waals surface area contributed by atoms with E-state index >= 15 is 0 Å². The van der Waals surface area contributed by atoms with E-state index in [0.717, 1.165) is 54.5 Å². The summed E-state index contributed by atoms with van der Waals surface area (Å²) in [5, 5.41) is 0. The molecule has 0 aliphatic carbocycles. The lowest BCUT2D eigenvalue weighted by Crippen LogP contribution is -2.42. The Balaban J connectivity index is 1.39. The molecule has 3 heterocycles. The summed E-state index contributed by atoms with van der Waals surface area (Å²) in [5.41, 5.74) is 3.20. The van der Waals surface area contributed by atoms with E-state index in [0.29, 0.717) is 25.2 Å². The van der Waals surface area contributed by atoms with Crippen molar-refractivity contribution >= 4 is 27.0 Å². The largest absolute Gasteiger partial charge is 0.342 e. The van der Waals surface area contributed by atoms with Crippen molar-refractivity contribution in [1.82, 2.24) is 19.2 Å². The van der Waals surface area contributed by atoms with E-state index in [1.165, 1.54) is 0 Å². The lowest BCUT2D eigenvalue weighted by atomic mass is 9.96. The van der Waals surface area contributed by atoms with Gasteiger partial charge in [0.1, 0.15) is 5.82 Å². The third-order valence-corrected chi connectivity index (χ3v) is 9.30. The molecule has 2 unspecified atom stereocenters. The average Bonchev–Trinajstić information content (AvgIpc) is 3.28. The topological polar surface area (TPSA) is 86.4 Å². The van der Waals surface area contributed by atoms with Crippen LogP contribution in [-0.4, -0.2) is 59.2 Å². The van der Waals surface area contributed by atoms with Gasteiger partial charge in [-0.3, -0.25) is 4.79 Å². The second-order valence-electron chi connectivity index (χ2n) is 9.67. The van der Waals surface area contributed by atoms with Gasteiger partial charge in [-0.1, -0.05) is 24.6 Å². The van der Waals surface area contributed by atoms with Crippen LogP contribution in [0.2, 0.25) is 0 Å². The first-order valence-electron chi connectivity index (χ1n) is 12.2. The number of aromatic nitrogens is 2. The number of imidazole rings is 1. The second kappa shape index (κ2) is 9.15. The van der Waals surface area contributed by atoms with E-state index in [2.05, 4.69) is 4.98 Å². The Kier molecular flexibility index (Phi) is 6.20. The number of carbonyl (C=O) groups is 1. The number of amides is 1. The number of nitrogens with zero attached hydrogens (tertiary/aromatic N) is 3. The molecule has 0 saturated carbocycles. The number of aromatic amines is 1. The van der Waals surface area contributed by atoms with Crippen molar-refractivity contribution < 1.29 is 13.2 Å². The first-order valence-corrected chi connectivity index (χ1v) is 13.6. The fraction of sp³-hybridized carbons (Fsp3) is 0.462. The molecule has 180 valence electrons. The third-order valence-electron chi connectivity index (χ3n) is 7.29. The molecule has 8 heteroatoms. The maximum atomic E-state index is 13.6. The summed E-state index contributed by atoms with van der Waals surface area (Å²) in [6.45, 7) is 5.59. The Morgan fingerprint density at radius 1 is 1.06 bits per heavy atom. The number of hydrogen-bond donors (Lipinski definition) is 1. The van der Waals surface area contributed by atoms with Crippen molar-refractivity contribution in [3.63, 3.8) is 0 Å². The number of piperidine rings is 2. The molecule has 2 aliphatic heterocycles. The first kappa shape index (κ1) is 23.1. The van der Waals surface area contributed by atoms with Crippen molar-refractivity contribution in [1.29, 1.82) is 0 Å². The number of sulfonamides is 1. The molecule has 34 heavy (non-hydrogen) atoms. The van der Waals surface area contributed by atoms with Gasteiger partial charge in [0, 0.05) is 37.2 Å². The Labute approximate surface area is 201 Å². The zero-order valence-corrected chi connectivity index (χ0v) is 20.6. The van der Waals surface area contributed by atoms with Crippen LogP contribution in [0.1, 0.15) is 66.7 Å². The first-order chi connectivity index (χ1) is 16.3. The molecule has 2 atom stereocenters. The number of rotatable bonds is 4. The van der Waals surface area contributed by atoms with Gasteiger partial charge in [-0.2, -0.15) is 4.31 Å². The molecule has 0 spiro atoms. The van der Waals surface area contributed by atoms with Crippen molar-refractivity contribution in [2.75, 3.05) is 19.6 Å². The molecule has 3 aromatic rings. The fourth-order valence-corrected chi connectivity index (χ4v) is 7.00. The molecular formula is C26H32N4O3S. The smallest absolute Gasteiger partial charge is 0.254 e. The van der Waals surface area contributed by atoms with Gasteiger partial charge in [0.2, 0.25) is 10.0 Å². The van der Waals surface area contributed by atoms with Crippen LogP contribution in [0.4, 0.5) is 0 Å². The SMILES string of the molecule is Cc1ccc(S(=O)(=O)N2CCCCC2C)cc1C(=O)N1CCCC(c2nc3ccccc3[nH]2)C1. The number of carbonyl (C=O) groups excluding carboxylic acids is 1. The summed E-state index contributed by atoms with van der Waals surface area (Å²) in [7, 11) is -3.64. The predicted octanol–water partition coefficient (Wildman–Crippen LogP) is 4.45. The number of nitrogens with one attached hydrogen (secondary N) is 1. The minimum absolute atomic E-state index is 0.0223. The molecule has 2 aliphatic rings. The van der Waals surface area contributed by atoms with Crippen LogP contribution in [0.15, 0.2) is 47.4 Å². The van der Waals surface area contributed by atoms with Gasteiger partial charge in [0.05, 0.1) is 15.9 Å². The van der Waals surface area contributed by atoms with Crippen molar-refractivity contribution in [2.24, 2.45) is 0 Å². The van der Waals surface area contributed by atoms with Crippen LogP contribution in [0, 0.1) is 6.92 Å². The summed E-state index contributed by atoms with van der Waals surface area (Å²) >= 11 is 0. The molecule has 7 nitrogen and oxygen atoms in total. The van der Waals surface area contributed by atoms with Crippen LogP contribution in [0.5, 0.6) is 0 Å². The highest BCUT2D eigenvalue weighted by atomic mass is 32.2. The van der Waals surface area contributed by atoms with E-state index in [1.807, 2.05) is 43.0 Å². The van der Waals surface area contributed by atoms with Gasteiger partial charge in [0.15, 0.2) is 0 Å². The number of hydrogen-bond acceptors (Lipinski definition) is 4. The van der Waals surface area contributed by atoms with Crippen molar-refractivity contribution in [3.8, 4) is 0 Å². The Morgan fingerprint density at radius 2 is 1.88 bits per heavy atom. The van der Waals surface area contributed by atoms with Crippen LogP contribution in [0.25, 0.3) is 11.0 Å². The maximum absolute atomic E-state index is 13.6. The molecule has 1 aromatic heterocycles. The minimum Gasteiger partial charge on any atom is -0.342 e. The molecular weight excluding hydrogens is 448 g/mol. The van der Waals surface area contributed by atoms with Gasteiger partial charge in [0.25, 0.3) is 5.91 Å². The van der Waals surface area contributed by atoms with Crippen molar-refractivity contribution in [2.45, 2.75) is 62.8 Å². The summed E-state index contributed by atoms with van der Waals surface area (Å²) in [5.74, 6) is 0.930. The number of fused-ring (bicyclic) bond motifs is 1. The highest BCUT2D eigenvalue weighted by Gasteiger charge is 2.33. The third kappa shape index (κ3) is 4.25. The lowest BCUT2D eigenvalue weighted by Gasteiger charge is -2.33. The predicted molar refractivity (Wildman–Crippen MR) is 132 cm³/mol. The van der Waals surface area contributed by atoms with Gasteiger partial charge >= 0.3 is 0 Å². The van der Waals surface area contributed by atoms with Crippen LogP contribution in [0.3, 0.4) is 0 Å². The Morgan fingerprint density at radius 3 is 2.68 bits per heavy atom. The quantitative estimate of drug-likeness (QED) is 0.598. The van der Waals surface area contributed by atoms with Crippen LogP contribution in [-0.2, 0) is 10.0 Å². The summed E-state index contributed by atoms with van der Waals surface area (Å²) in [6.07, 6.45) is 4.64. The summed E-state index contributed by atoms with van der Waals surface area (Å²) in [6, 6.07) is 12.9. The zero-order valence-electron chi connectivity index (χ0n) is 19.8. The molecule has 1 amide bonds. The Hall–Kier alpha value is -2.71.